The number of aromatic nitrogens is 3. The minimum Gasteiger partial charge on any atom is -0.370 e. The van der Waals surface area contributed by atoms with Gasteiger partial charge in [0.25, 0.3) is 5.56 Å². The number of halogens is 3. The number of nitrogens with zero attached hydrogens (tertiary/aromatic N) is 4. The number of morpholine rings is 1. The van der Waals surface area contributed by atoms with Gasteiger partial charge in [-0.05, 0) is 18.2 Å². The van der Waals surface area contributed by atoms with E-state index in [1.807, 2.05) is 0 Å². The minimum atomic E-state index is -0.629. The van der Waals surface area contributed by atoms with Crippen molar-refractivity contribution in [2.45, 2.75) is 6.10 Å². The molecule has 2 aromatic heterocycles. The molecule has 29 heavy (non-hydrogen) atoms. The Kier molecular flexibility index (Phi) is 5.29. The third-order valence-electron chi connectivity index (χ3n) is 4.83. The fourth-order valence-electron chi connectivity index (χ4n) is 3.35. The van der Waals surface area contributed by atoms with Gasteiger partial charge in [-0.15, -0.1) is 0 Å². The molecule has 0 N–H and O–H groups in total. The van der Waals surface area contributed by atoms with Gasteiger partial charge in [-0.25, -0.2) is 13.8 Å². The van der Waals surface area contributed by atoms with Crippen molar-refractivity contribution in [1.82, 2.24) is 14.5 Å². The van der Waals surface area contributed by atoms with Gasteiger partial charge in [0.15, 0.2) is 5.82 Å². The lowest BCUT2D eigenvalue weighted by molar-refractivity contribution is 0.0368. The van der Waals surface area contributed by atoms with Crippen molar-refractivity contribution in [3.8, 4) is 11.3 Å². The predicted molar refractivity (Wildman–Crippen MR) is 105 cm³/mol. The summed E-state index contributed by atoms with van der Waals surface area (Å²) in [6.07, 6.45) is 1.87. The molecule has 1 aliphatic rings. The molecular weight excluding hydrogens is 402 g/mol. The average Bonchev–Trinajstić information content (AvgIpc) is 2.70. The van der Waals surface area contributed by atoms with Crippen molar-refractivity contribution < 1.29 is 13.5 Å². The van der Waals surface area contributed by atoms with E-state index in [9.17, 15) is 13.6 Å². The van der Waals surface area contributed by atoms with Crippen LogP contribution in [0, 0.1) is 11.6 Å². The van der Waals surface area contributed by atoms with E-state index in [2.05, 4.69) is 9.97 Å². The molecule has 1 fully saturated rings. The van der Waals surface area contributed by atoms with Gasteiger partial charge in [-0.2, -0.15) is 0 Å². The summed E-state index contributed by atoms with van der Waals surface area (Å²) in [5.74, 6) is -0.694. The fraction of sp³-hybridized carbons (Fsp3) is 0.250. The summed E-state index contributed by atoms with van der Waals surface area (Å²) in [6, 6.07) is 7.18. The SMILES string of the molecule is Cn1c(N2CCO[C@@H](c3c(F)cccc3Cl)C2)nc(-c2ccncc2F)cc1=O. The summed E-state index contributed by atoms with van der Waals surface area (Å²) in [6.45, 7) is 0.966. The Morgan fingerprint density at radius 2 is 2.07 bits per heavy atom. The highest BCUT2D eigenvalue weighted by atomic mass is 35.5. The molecule has 1 saturated heterocycles. The number of hydrogen-bond acceptors (Lipinski definition) is 5. The van der Waals surface area contributed by atoms with Crippen LogP contribution >= 0.6 is 11.6 Å². The molecule has 0 unspecified atom stereocenters. The normalized spacial score (nSPS) is 16.8. The lowest BCUT2D eigenvalue weighted by Gasteiger charge is -2.35. The Labute approximate surface area is 170 Å². The van der Waals surface area contributed by atoms with Crippen molar-refractivity contribution in [2.75, 3.05) is 24.6 Å². The van der Waals surface area contributed by atoms with Crippen LogP contribution in [0.3, 0.4) is 0 Å². The molecule has 0 aliphatic carbocycles. The number of rotatable bonds is 3. The van der Waals surface area contributed by atoms with Gasteiger partial charge < -0.3 is 9.64 Å². The van der Waals surface area contributed by atoms with Crippen LogP contribution in [-0.2, 0) is 11.8 Å². The topological polar surface area (TPSA) is 60.2 Å². The van der Waals surface area contributed by atoms with Gasteiger partial charge in [-0.3, -0.25) is 14.3 Å². The zero-order valence-corrected chi connectivity index (χ0v) is 16.2. The quantitative estimate of drug-likeness (QED) is 0.652. The summed E-state index contributed by atoms with van der Waals surface area (Å²) in [4.78, 5) is 22.5. The number of benzene rings is 1. The molecule has 0 radical (unpaired) electrons. The van der Waals surface area contributed by atoms with Gasteiger partial charge >= 0.3 is 0 Å². The van der Waals surface area contributed by atoms with E-state index < -0.39 is 17.7 Å². The third kappa shape index (κ3) is 3.73. The van der Waals surface area contributed by atoms with Crippen LogP contribution in [0.15, 0.2) is 47.5 Å². The molecule has 150 valence electrons. The minimum absolute atomic E-state index is 0.181. The molecule has 0 spiro atoms. The molecule has 0 amide bonds. The fourth-order valence-corrected chi connectivity index (χ4v) is 3.64. The van der Waals surface area contributed by atoms with Gasteiger partial charge in [0.2, 0.25) is 5.95 Å². The second-order valence-electron chi connectivity index (χ2n) is 6.63. The van der Waals surface area contributed by atoms with E-state index in [4.69, 9.17) is 16.3 Å². The Morgan fingerprint density at radius 3 is 2.83 bits per heavy atom. The van der Waals surface area contributed by atoms with E-state index in [-0.39, 0.29) is 33.9 Å². The maximum Gasteiger partial charge on any atom is 0.255 e. The molecular formula is C20H17ClF2N4O2. The predicted octanol–water partition coefficient (Wildman–Crippen LogP) is 3.35. The Balaban J connectivity index is 1.73. The zero-order valence-electron chi connectivity index (χ0n) is 15.5. The third-order valence-corrected chi connectivity index (χ3v) is 5.16. The van der Waals surface area contributed by atoms with Crippen molar-refractivity contribution in [3.63, 3.8) is 0 Å². The number of pyridine rings is 1. The van der Waals surface area contributed by atoms with Crippen molar-refractivity contribution in [1.29, 1.82) is 0 Å². The molecule has 1 aliphatic heterocycles. The molecule has 3 heterocycles. The van der Waals surface area contributed by atoms with Crippen LogP contribution in [0.5, 0.6) is 0 Å². The van der Waals surface area contributed by atoms with Crippen molar-refractivity contribution in [3.05, 3.63) is 75.3 Å². The average molecular weight is 419 g/mol. The summed E-state index contributed by atoms with van der Waals surface area (Å²) in [5.41, 5.74) is 0.309. The molecule has 0 bridgehead atoms. The highest BCUT2D eigenvalue weighted by molar-refractivity contribution is 6.31. The van der Waals surface area contributed by atoms with Crippen LogP contribution < -0.4 is 10.5 Å². The molecule has 4 rings (SSSR count). The largest absolute Gasteiger partial charge is 0.370 e. The summed E-state index contributed by atoms with van der Waals surface area (Å²) in [5, 5.41) is 0.270. The summed E-state index contributed by atoms with van der Waals surface area (Å²) in [7, 11) is 1.58. The summed E-state index contributed by atoms with van der Waals surface area (Å²) < 4.78 is 35.6. The number of hydrogen-bond donors (Lipinski definition) is 0. The van der Waals surface area contributed by atoms with Crippen LogP contribution in [0.1, 0.15) is 11.7 Å². The van der Waals surface area contributed by atoms with E-state index in [0.717, 1.165) is 6.20 Å². The van der Waals surface area contributed by atoms with Gasteiger partial charge in [0.1, 0.15) is 11.9 Å². The van der Waals surface area contributed by atoms with Crippen LogP contribution in [0.25, 0.3) is 11.3 Å². The van der Waals surface area contributed by atoms with E-state index in [0.29, 0.717) is 19.1 Å². The molecule has 9 heteroatoms. The summed E-state index contributed by atoms with van der Waals surface area (Å²) >= 11 is 6.18. The first-order chi connectivity index (χ1) is 14.0. The molecule has 6 nitrogen and oxygen atoms in total. The van der Waals surface area contributed by atoms with Gasteiger partial charge in [0, 0.05) is 42.0 Å². The first kappa shape index (κ1) is 19.5. The van der Waals surface area contributed by atoms with Crippen molar-refractivity contribution >= 4 is 17.5 Å². The lowest BCUT2D eigenvalue weighted by atomic mass is 10.1. The molecule has 1 aromatic carbocycles. The highest BCUT2D eigenvalue weighted by Gasteiger charge is 2.28. The number of ether oxygens (including phenoxy) is 1. The van der Waals surface area contributed by atoms with E-state index in [1.165, 1.54) is 35.0 Å². The Hall–Kier alpha value is -2.84. The maximum absolute atomic E-state index is 14.3. The van der Waals surface area contributed by atoms with E-state index in [1.54, 1.807) is 18.0 Å². The lowest BCUT2D eigenvalue weighted by Crippen LogP contribution is -2.42. The zero-order chi connectivity index (χ0) is 20.5. The van der Waals surface area contributed by atoms with Crippen LogP contribution in [0.2, 0.25) is 5.02 Å². The van der Waals surface area contributed by atoms with Crippen LogP contribution in [-0.4, -0.2) is 34.2 Å². The van der Waals surface area contributed by atoms with Crippen molar-refractivity contribution in [2.24, 2.45) is 7.05 Å². The first-order valence-electron chi connectivity index (χ1n) is 8.94. The second-order valence-corrected chi connectivity index (χ2v) is 7.04. The van der Waals surface area contributed by atoms with Crippen LogP contribution in [0.4, 0.5) is 14.7 Å². The Bertz CT molecular complexity index is 1100. The number of anilines is 1. The standard InChI is InChI=1S/C20H17ClF2N4O2/c1-26-18(28)9-16(12-5-6-24-10-15(12)23)25-20(26)27-7-8-29-17(11-27)19-13(21)3-2-4-14(19)22/h2-6,9-10,17H,7-8,11H2,1H3/t17-/m1/s1. The molecule has 1 atom stereocenters. The first-order valence-corrected chi connectivity index (χ1v) is 9.32. The monoisotopic (exact) mass is 418 g/mol. The molecule has 0 saturated carbocycles. The smallest absolute Gasteiger partial charge is 0.255 e. The van der Waals surface area contributed by atoms with E-state index >= 15 is 0 Å². The highest BCUT2D eigenvalue weighted by Crippen LogP contribution is 2.32. The van der Waals surface area contributed by atoms with Gasteiger partial charge in [-0.1, -0.05) is 17.7 Å². The molecule has 3 aromatic rings. The van der Waals surface area contributed by atoms with Gasteiger partial charge in [0.05, 0.1) is 25.0 Å². The second kappa shape index (κ2) is 7.88. The maximum atomic E-state index is 14.3. The Morgan fingerprint density at radius 1 is 1.24 bits per heavy atom.